The van der Waals surface area contributed by atoms with Gasteiger partial charge in [0.15, 0.2) is 0 Å². The van der Waals surface area contributed by atoms with Gasteiger partial charge in [0.2, 0.25) is 5.91 Å². The van der Waals surface area contributed by atoms with Crippen LogP contribution in [0.2, 0.25) is 0 Å². The minimum Gasteiger partial charge on any atom is -0.351 e. The van der Waals surface area contributed by atoms with E-state index >= 15 is 0 Å². The highest BCUT2D eigenvalue weighted by Gasteiger charge is 2.32. The Balaban J connectivity index is 1.91. The Morgan fingerprint density at radius 2 is 2.00 bits per heavy atom. The zero-order chi connectivity index (χ0) is 15.5. The molecule has 0 saturated carbocycles. The smallest absolute Gasteiger partial charge is 0.222 e. The molecule has 122 valence electrons. The van der Waals surface area contributed by atoms with Crippen molar-refractivity contribution in [3.05, 3.63) is 0 Å². The Morgan fingerprint density at radius 1 is 1.29 bits per heavy atom. The molecule has 0 aromatic heterocycles. The quantitative estimate of drug-likeness (QED) is 0.805. The second-order valence-corrected chi connectivity index (χ2v) is 7.57. The molecule has 2 aliphatic rings. The topological polar surface area (TPSA) is 61.6 Å². The highest BCUT2D eigenvalue weighted by molar-refractivity contribution is 5.77. The summed E-state index contributed by atoms with van der Waals surface area (Å²) in [6.07, 6.45) is 4.31. The maximum Gasteiger partial charge on any atom is 0.222 e. The van der Waals surface area contributed by atoms with Crippen LogP contribution in [0.15, 0.2) is 0 Å². The van der Waals surface area contributed by atoms with Crippen LogP contribution in [0.25, 0.3) is 0 Å². The summed E-state index contributed by atoms with van der Waals surface area (Å²) in [4.78, 5) is 17.3. The van der Waals surface area contributed by atoms with Crippen LogP contribution in [0.4, 0.5) is 0 Å². The van der Waals surface area contributed by atoms with Crippen LogP contribution < -0.4 is 11.1 Å². The number of nitrogens with two attached hydrogens (primary N) is 1. The Labute approximate surface area is 129 Å². The van der Waals surface area contributed by atoms with Gasteiger partial charge >= 0.3 is 0 Å². The second-order valence-electron chi connectivity index (χ2n) is 7.57. The van der Waals surface area contributed by atoms with Crippen LogP contribution in [0, 0.1) is 0 Å². The lowest BCUT2D eigenvalue weighted by Gasteiger charge is -2.32. The van der Waals surface area contributed by atoms with Crippen molar-refractivity contribution in [3.63, 3.8) is 0 Å². The minimum absolute atomic E-state index is 0.116. The number of hydrogen-bond donors (Lipinski definition) is 2. The van der Waals surface area contributed by atoms with Crippen LogP contribution in [0.1, 0.15) is 46.5 Å². The van der Waals surface area contributed by atoms with Crippen LogP contribution in [0.5, 0.6) is 0 Å². The van der Waals surface area contributed by atoms with Gasteiger partial charge < -0.3 is 11.1 Å². The highest BCUT2D eigenvalue weighted by atomic mass is 16.1. The summed E-state index contributed by atoms with van der Waals surface area (Å²) in [5.41, 5.74) is 5.80. The molecule has 2 heterocycles. The second kappa shape index (κ2) is 7.07. The van der Waals surface area contributed by atoms with Crippen LogP contribution in [0.3, 0.4) is 0 Å². The van der Waals surface area contributed by atoms with E-state index in [4.69, 9.17) is 5.73 Å². The first kappa shape index (κ1) is 16.7. The van der Waals surface area contributed by atoms with Gasteiger partial charge in [-0.3, -0.25) is 14.6 Å². The molecular weight excluding hydrogens is 264 g/mol. The lowest BCUT2D eigenvalue weighted by atomic mass is 10.1. The molecule has 0 aromatic carbocycles. The number of carbonyl (C=O) groups is 1. The zero-order valence-electron chi connectivity index (χ0n) is 13.9. The van der Waals surface area contributed by atoms with Gasteiger partial charge in [-0.15, -0.1) is 0 Å². The summed E-state index contributed by atoms with van der Waals surface area (Å²) in [7, 11) is 0. The van der Waals surface area contributed by atoms with Crippen molar-refractivity contribution < 1.29 is 4.79 Å². The van der Waals surface area contributed by atoms with Gasteiger partial charge in [-0.05, 0) is 59.7 Å². The van der Waals surface area contributed by atoms with E-state index in [0.717, 1.165) is 13.1 Å². The zero-order valence-corrected chi connectivity index (χ0v) is 13.9. The van der Waals surface area contributed by atoms with Crippen LogP contribution in [-0.4, -0.2) is 66.1 Å². The Morgan fingerprint density at radius 3 is 2.67 bits per heavy atom. The fraction of sp³-hybridized carbons (Fsp3) is 0.938. The molecule has 5 nitrogen and oxygen atoms in total. The molecule has 0 spiro atoms. The Kier molecular flexibility index (Phi) is 5.63. The minimum atomic E-state index is -0.169. The van der Waals surface area contributed by atoms with Crippen molar-refractivity contribution >= 4 is 5.91 Å². The number of carbonyl (C=O) groups excluding carboxylic acids is 1. The van der Waals surface area contributed by atoms with Crippen molar-refractivity contribution in [1.82, 2.24) is 15.1 Å². The molecule has 1 amide bonds. The first-order chi connectivity index (χ1) is 9.89. The van der Waals surface area contributed by atoms with E-state index in [0.29, 0.717) is 19.0 Å². The molecule has 2 saturated heterocycles. The average Bonchev–Trinajstić information content (AvgIpc) is 2.71. The van der Waals surface area contributed by atoms with E-state index in [-0.39, 0.29) is 17.5 Å². The van der Waals surface area contributed by atoms with Crippen LogP contribution >= 0.6 is 0 Å². The first-order valence-electron chi connectivity index (χ1n) is 8.38. The number of fused-ring (bicyclic) bond motifs is 1. The summed E-state index contributed by atoms with van der Waals surface area (Å²) in [5.74, 6) is 0.116. The molecule has 2 rings (SSSR count). The summed E-state index contributed by atoms with van der Waals surface area (Å²) >= 11 is 0. The molecule has 2 unspecified atom stereocenters. The van der Waals surface area contributed by atoms with Gasteiger partial charge in [-0.25, -0.2) is 0 Å². The van der Waals surface area contributed by atoms with Gasteiger partial charge in [0.1, 0.15) is 0 Å². The number of rotatable bonds is 4. The fourth-order valence-corrected chi connectivity index (χ4v) is 3.61. The number of nitrogens with one attached hydrogen (secondary N) is 1. The van der Waals surface area contributed by atoms with Gasteiger partial charge in [-0.1, -0.05) is 0 Å². The number of nitrogens with zero attached hydrogens (tertiary/aromatic N) is 2. The third kappa shape index (κ3) is 4.94. The monoisotopic (exact) mass is 296 g/mol. The lowest BCUT2D eigenvalue weighted by Crippen LogP contribution is -2.49. The molecule has 2 aliphatic heterocycles. The summed E-state index contributed by atoms with van der Waals surface area (Å²) < 4.78 is 0. The fourth-order valence-electron chi connectivity index (χ4n) is 3.61. The molecule has 2 fully saturated rings. The Bertz CT molecular complexity index is 353. The molecule has 0 aliphatic carbocycles. The first-order valence-corrected chi connectivity index (χ1v) is 8.38. The van der Waals surface area contributed by atoms with E-state index in [2.05, 4.69) is 15.1 Å². The van der Waals surface area contributed by atoms with E-state index in [1.165, 1.54) is 32.4 Å². The lowest BCUT2D eigenvalue weighted by molar-refractivity contribution is -0.123. The molecule has 5 heteroatoms. The molecular formula is C16H32N4O. The summed E-state index contributed by atoms with van der Waals surface area (Å²) in [5, 5.41) is 3.05. The van der Waals surface area contributed by atoms with Crippen molar-refractivity contribution in [2.24, 2.45) is 5.73 Å². The van der Waals surface area contributed by atoms with E-state index < -0.39 is 0 Å². The number of amides is 1. The van der Waals surface area contributed by atoms with E-state index in [1.54, 1.807) is 0 Å². The number of hydrogen-bond acceptors (Lipinski definition) is 4. The standard InChI is InChI=1S/C16H32N4O/c1-16(2,3)18-15(21)10-14(11-17)20-9-5-8-19-7-4-6-13(19)12-20/h13-14H,4-12,17H2,1-3H3,(H,18,21). The van der Waals surface area contributed by atoms with E-state index in [1.807, 2.05) is 20.8 Å². The molecule has 0 bridgehead atoms. The van der Waals surface area contributed by atoms with Gasteiger partial charge in [-0.2, -0.15) is 0 Å². The van der Waals surface area contributed by atoms with Crippen LogP contribution in [-0.2, 0) is 4.79 Å². The Hall–Kier alpha value is -0.650. The van der Waals surface area contributed by atoms with E-state index in [9.17, 15) is 4.79 Å². The van der Waals surface area contributed by atoms with Gasteiger partial charge in [0, 0.05) is 37.1 Å². The normalized spacial score (nSPS) is 26.2. The molecule has 0 radical (unpaired) electrons. The van der Waals surface area contributed by atoms with Gasteiger partial charge in [0.25, 0.3) is 0 Å². The third-order valence-corrected chi connectivity index (χ3v) is 4.56. The molecule has 21 heavy (non-hydrogen) atoms. The SMILES string of the molecule is CC(C)(C)NC(=O)CC(CN)N1CCCN2CCCC2C1. The maximum atomic E-state index is 12.2. The summed E-state index contributed by atoms with van der Waals surface area (Å²) in [6.45, 7) is 11.2. The van der Waals surface area contributed by atoms with Crippen molar-refractivity contribution in [2.75, 3.05) is 32.7 Å². The van der Waals surface area contributed by atoms with Crippen molar-refractivity contribution in [3.8, 4) is 0 Å². The molecule has 3 N–H and O–H groups in total. The van der Waals surface area contributed by atoms with Gasteiger partial charge in [0.05, 0.1) is 0 Å². The highest BCUT2D eigenvalue weighted by Crippen LogP contribution is 2.22. The van der Waals surface area contributed by atoms with Crippen molar-refractivity contribution in [1.29, 1.82) is 0 Å². The molecule has 0 aromatic rings. The third-order valence-electron chi connectivity index (χ3n) is 4.56. The largest absolute Gasteiger partial charge is 0.351 e. The average molecular weight is 296 g/mol. The summed E-state index contributed by atoms with van der Waals surface area (Å²) in [6, 6.07) is 0.847. The maximum absolute atomic E-state index is 12.2. The predicted molar refractivity (Wildman–Crippen MR) is 86.1 cm³/mol. The van der Waals surface area contributed by atoms with Crippen molar-refractivity contribution in [2.45, 2.75) is 64.1 Å². The molecule has 2 atom stereocenters. The predicted octanol–water partition coefficient (Wildman–Crippen LogP) is 0.789.